The summed E-state index contributed by atoms with van der Waals surface area (Å²) in [7, 11) is 0. The van der Waals surface area contributed by atoms with Crippen LogP contribution in [0.4, 0.5) is 0 Å². The van der Waals surface area contributed by atoms with E-state index in [0.29, 0.717) is 37.3 Å². The first kappa shape index (κ1) is 107. The number of nitrogens with zero attached hydrogens (tertiary/aromatic N) is 7. The van der Waals surface area contributed by atoms with E-state index in [1.54, 1.807) is 58.9 Å². The molecule has 21 N–H and O–H groups in total. The predicted molar refractivity (Wildman–Crippen MR) is 490 cm³/mol. The number of hydrogen-bond donors (Lipinski definition) is 21. The number of aryl methyl sites for hydroxylation is 1. The summed E-state index contributed by atoms with van der Waals surface area (Å²) in [6.45, 7) is 13.6. The quantitative estimate of drug-likeness (QED) is 0.0228. The standard InChI is InChI=1S/C20H23N5O7.C19H23N3O6.C18H28N4O6.2C16H23N3O7/c1-10-15(27)14(9-26)32-18(10)25-8-11(17(29)23-20(25)31)16(28)21-6-7-24-13-5-3-2-4-12(13)22-19(24)30;1-10-3-5-12(6-4-10)7-20-16(25)13-8-22(19(27)21-17(13)26)18-11(2)15(24)14(9-23)28-18;1-11-14(24)13(10-23)28-17(11)22-9-12(16(26)20-18(22)27)15(25)19-5-8-21-6-3-2-4-7-21;2*1-8-12(21)11(7-20)26-15(8)19-6-10(14(23)18-16(19)24)13(22)17-5-9-3-2-4-25-9/h2-5,8,10,14-15,18,26-27H,6-7,9H2,1H3,(H,21,28)(H,22,30)(H,23,29,31);3-6,8,11,14-15,18,23-24H,7,9H2,1-2H3,(H,20,25)(H,21,26,27);9,11,13-14,17,23-24H,2-8,10H2,1H3,(H,19,25)(H,20,26,27);2*6,8-9,11-12,15,20-21H,2-5,7H2,1H3,(H,17,22)(H,18,23,24)/t10-,14+,15?,18+;11-,14+,15?,18+;11-,13+,14?,17+;8-,9+,11+,12?,15+;8-,9-,11+,12?,15+/m00000/s1. The molecule has 8 fully saturated rings. The zero-order valence-corrected chi connectivity index (χ0v) is 77.5. The van der Waals surface area contributed by atoms with Gasteiger partial charge < -0.3 is 121 Å². The van der Waals surface area contributed by atoms with Gasteiger partial charge in [0.25, 0.3) is 57.3 Å². The van der Waals surface area contributed by atoms with Crippen LogP contribution < -0.4 is 88.5 Å². The highest BCUT2D eigenvalue weighted by atomic mass is 16.6. The molecule has 5 unspecified atom stereocenters. The van der Waals surface area contributed by atoms with E-state index in [9.17, 15) is 128 Å². The first-order valence-corrected chi connectivity index (χ1v) is 46.0. The summed E-state index contributed by atoms with van der Waals surface area (Å²) in [6, 6.07) is 14.7. The fourth-order valence-electron chi connectivity index (χ4n) is 17.5. The Bertz CT molecular complexity index is 6230. The van der Waals surface area contributed by atoms with Crippen LogP contribution in [0.3, 0.4) is 0 Å². The van der Waals surface area contributed by atoms with Crippen LogP contribution in [-0.2, 0) is 46.2 Å². The highest BCUT2D eigenvalue weighted by Gasteiger charge is 2.48. The van der Waals surface area contributed by atoms with Crippen LogP contribution >= 0.6 is 0 Å². The number of nitrogens with one attached hydrogen (secondary N) is 11. The van der Waals surface area contributed by atoms with Crippen molar-refractivity contribution in [3.63, 3.8) is 0 Å². The number of aliphatic hydroxyl groups is 10. The minimum absolute atomic E-state index is 0.0563. The van der Waals surface area contributed by atoms with Crippen LogP contribution in [0.5, 0.6) is 0 Å². The maximum atomic E-state index is 12.6. The van der Waals surface area contributed by atoms with Gasteiger partial charge in [-0.3, -0.25) is 100 Å². The molecular weight excluding hydrogens is 1850 g/mol. The molecule has 0 radical (unpaired) electrons. The lowest BCUT2D eigenvalue weighted by atomic mass is 10.0. The van der Waals surface area contributed by atoms with Crippen LogP contribution in [-0.4, -0.2) is 308 Å². The monoisotopic (exact) mass is 1970 g/mol. The first-order valence-electron chi connectivity index (χ1n) is 46.0. The third kappa shape index (κ3) is 25.0. The second kappa shape index (κ2) is 48.3. The number of carbonyl (C=O) groups is 5. The molecule has 0 saturated carbocycles. The van der Waals surface area contributed by atoms with E-state index < -0.39 is 241 Å². The molecule has 0 aliphatic carbocycles. The number of likely N-dealkylation sites (tertiary alicyclic amines) is 1. The number of H-pyrrole nitrogens is 6. The van der Waals surface area contributed by atoms with Crippen molar-refractivity contribution in [1.82, 2.24) is 88.8 Å². The van der Waals surface area contributed by atoms with Gasteiger partial charge in [0.05, 0.1) is 86.8 Å². The molecule has 22 atom stereocenters. The molecule has 2 aromatic carbocycles. The second-order valence-corrected chi connectivity index (χ2v) is 35.4. The summed E-state index contributed by atoms with van der Waals surface area (Å²) >= 11 is 0. The van der Waals surface area contributed by atoms with E-state index in [-0.39, 0.29) is 78.4 Å². The van der Waals surface area contributed by atoms with Gasteiger partial charge in [-0.2, -0.15) is 0 Å². The number of carbonyl (C=O) groups excluding carboxylic acids is 5. The Labute approximate surface area is 793 Å². The van der Waals surface area contributed by atoms with Gasteiger partial charge in [0, 0.05) is 120 Å². The minimum atomic E-state index is -1.02. The number of hydrogen-bond acceptors (Lipinski definition) is 34. The molecule has 51 heteroatoms. The van der Waals surface area contributed by atoms with Crippen molar-refractivity contribution in [1.29, 1.82) is 0 Å². The minimum Gasteiger partial charge on any atom is -0.394 e. The highest BCUT2D eigenvalue weighted by Crippen LogP contribution is 2.38. The molecule has 14 heterocycles. The summed E-state index contributed by atoms with van der Waals surface area (Å²) in [4.78, 5) is 211. The number of benzene rings is 2. The molecule has 51 nitrogen and oxygen atoms in total. The molecule has 8 saturated heterocycles. The fraction of sp³-hybridized carbons (Fsp3) is 0.573. The van der Waals surface area contributed by atoms with Crippen LogP contribution in [0.25, 0.3) is 11.0 Å². The summed E-state index contributed by atoms with van der Waals surface area (Å²) in [6.07, 6.45) is -1.24. The Kier molecular flexibility index (Phi) is 36.8. The number of aromatic nitrogens is 12. The summed E-state index contributed by atoms with van der Waals surface area (Å²) in [5, 5.41) is 110. The maximum absolute atomic E-state index is 12.6. The first-order chi connectivity index (χ1) is 66.9. The molecule has 5 amide bonds. The van der Waals surface area contributed by atoms with Gasteiger partial charge in [0.1, 0.15) is 89.5 Å². The van der Waals surface area contributed by atoms with Crippen LogP contribution in [0.15, 0.2) is 132 Å². The number of para-hydroxylation sites is 2. The molecule has 8 aliphatic rings. The molecule has 8 aliphatic heterocycles. The normalized spacial score (nSPS) is 27.4. The number of imidazole rings is 1. The van der Waals surface area contributed by atoms with Gasteiger partial charge in [0.2, 0.25) is 0 Å². The lowest BCUT2D eigenvalue weighted by Crippen LogP contribution is -2.41. The van der Waals surface area contributed by atoms with Crippen molar-refractivity contribution in [3.8, 4) is 0 Å². The Hall–Kier alpha value is -12.3. The summed E-state index contributed by atoms with van der Waals surface area (Å²) in [5.41, 5.74) is -6.15. The largest absolute Gasteiger partial charge is 0.394 e. The fourth-order valence-corrected chi connectivity index (χ4v) is 17.5. The van der Waals surface area contributed by atoms with Gasteiger partial charge in [0.15, 0.2) is 0 Å². The number of ether oxygens (including phenoxy) is 7. The smallest absolute Gasteiger partial charge is 0.330 e. The maximum Gasteiger partial charge on any atom is 0.330 e. The molecule has 16 rings (SSSR count). The molecule has 140 heavy (non-hydrogen) atoms. The van der Waals surface area contributed by atoms with Crippen molar-refractivity contribution in [2.75, 3.05) is 92.1 Å². The van der Waals surface area contributed by atoms with Crippen LogP contribution in [0, 0.1) is 36.5 Å². The van der Waals surface area contributed by atoms with Crippen molar-refractivity contribution >= 4 is 40.6 Å². The number of aliphatic hydroxyl groups excluding tert-OH is 10. The lowest BCUT2D eigenvalue weighted by Gasteiger charge is -2.26. The highest BCUT2D eigenvalue weighted by molar-refractivity contribution is 5.95. The summed E-state index contributed by atoms with van der Waals surface area (Å²) < 4.78 is 45.2. The zero-order valence-electron chi connectivity index (χ0n) is 77.5. The van der Waals surface area contributed by atoms with Crippen molar-refractivity contribution in [2.45, 2.75) is 204 Å². The molecule has 764 valence electrons. The van der Waals surface area contributed by atoms with Gasteiger partial charge in [-0.05, 0) is 76.2 Å². The Morgan fingerprint density at radius 3 is 0.964 bits per heavy atom. The Morgan fingerprint density at radius 1 is 0.364 bits per heavy atom. The van der Waals surface area contributed by atoms with Gasteiger partial charge >= 0.3 is 34.1 Å². The van der Waals surface area contributed by atoms with Gasteiger partial charge in [-0.1, -0.05) is 83.0 Å². The summed E-state index contributed by atoms with van der Waals surface area (Å²) in [5.74, 6) is -5.83. The number of piperidine rings is 1. The van der Waals surface area contributed by atoms with E-state index in [4.69, 9.17) is 33.2 Å². The number of amides is 5. The zero-order chi connectivity index (χ0) is 101. The Morgan fingerprint density at radius 2 is 0.664 bits per heavy atom. The molecule has 0 bridgehead atoms. The van der Waals surface area contributed by atoms with E-state index in [0.717, 1.165) is 117 Å². The number of rotatable bonds is 27. The molecule has 0 spiro atoms. The third-order valence-electron chi connectivity index (χ3n) is 25.8. The van der Waals surface area contributed by atoms with E-state index >= 15 is 0 Å². The average Bonchev–Trinajstić information content (AvgIpc) is 1.64. The number of aromatic amines is 6. The average molecular weight is 1970 g/mol. The third-order valence-corrected chi connectivity index (χ3v) is 25.8. The second-order valence-electron chi connectivity index (χ2n) is 35.4. The van der Waals surface area contributed by atoms with Crippen LogP contribution in [0.2, 0.25) is 0 Å². The lowest BCUT2D eigenvalue weighted by molar-refractivity contribution is -0.0477. The van der Waals surface area contributed by atoms with E-state index in [1.165, 1.54) is 11.0 Å². The van der Waals surface area contributed by atoms with Crippen molar-refractivity contribution in [3.05, 3.63) is 233 Å². The Balaban J connectivity index is 0.000000157. The topological polar surface area (TPSA) is 728 Å². The van der Waals surface area contributed by atoms with E-state index in [1.807, 2.05) is 31.2 Å². The molecular formula is C89H120N18O33. The van der Waals surface area contributed by atoms with E-state index in [2.05, 4.69) is 61.4 Å². The molecule has 8 aromatic rings. The predicted octanol–water partition coefficient (Wildman–Crippen LogP) is -6.54. The molecule has 6 aromatic heterocycles. The van der Waals surface area contributed by atoms with Gasteiger partial charge in [-0.25, -0.2) is 28.8 Å². The van der Waals surface area contributed by atoms with Gasteiger partial charge in [-0.15, -0.1) is 0 Å². The SMILES string of the molecule is C[C@H]1C(O)[C@@H](CO)O[C@H]1n1cc(C(=O)NCCN2CCCCC2)c(=O)[nH]c1=O.C[C@H]1C(O)[C@@H](CO)O[C@H]1n1cc(C(=O)NCCn2c(=O)[nH]c3ccccc32)c(=O)[nH]c1=O.C[C@H]1C(O)[C@@H](CO)O[C@H]1n1cc(C(=O)NC[C@@H]2CCCO2)c(=O)[nH]c1=O.C[C@H]1C(O)[C@@H](CO)O[C@H]1n1cc(C(=O)NC[C@H]2CCCO2)c(=O)[nH]c1=O.Cc1ccc(CNC(=O)c2cn([C@@H]3O[C@H](CO)C(O)[C@@H]3C)c(=O)[nH]c2=O)cc1. The van der Waals surface area contributed by atoms with Crippen LogP contribution in [0.1, 0.15) is 174 Å². The van der Waals surface area contributed by atoms with Crippen molar-refractivity contribution < 1.29 is 108 Å². The number of fused-ring (bicyclic) bond motifs is 1. The van der Waals surface area contributed by atoms with Crippen molar-refractivity contribution in [2.24, 2.45) is 29.6 Å².